The van der Waals surface area contributed by atoms with E-state index in [4.69, 9.17) is 9.47 Å². The maximum atomic E-state index is 13.9. The molecule has 0 bridgehead atoms. The van der Waals surface area contributed by atoms with Gasteiger partial charge in [-0.1, -0.05) is 32.0 Å². The van der Waals surface area contributed by atoms with E-state index >= 15 is 0 Å². The highest BCUT2D eigenvalue weighted by Crippen LogP contribution is 2.24. The van der Waals surface area contributed by atoms with E-state index in [1.807, 2.05) is 13.8 Å². The van der Waals surface area contributed by atoms with Gasteiger partial charge in [-0.3, -0.25) is 4.79 Å². The van der Waals surface area contributed by atoms with Gasteiger partial charge in [0.1, 0.15) is 11.6 Å². The number of amides is 1. The Bertz CT molecular complexity index is 1370. The summed E-state index contributed by atoms with van der Waals surface area (Å²) in [6.07, 6.45) is 3.11. The van der Waals surface area contributed by atoms with Gasteiger partial charge in [-0.25, -0.2) is 17.8 Å². The second-order valence-corrected chi connectivity index (χ2v) is 11.9. The zero-order valence-corrected chi connectivity index (χ0v) is 22.8. The summed E-state index contributed by atoms with van der Waals surface area (Å²) < 4.78 is 53.6. The van der Waals surface area contributed by atoms with Crippen LogP contribution in [0.5, 0.6) is 5.75 Å². The van der Waals surface area contributed by atoms with Crippen LogP contribution in [-0.2, 0) is 33.4 Å². The molecular weight excluding hydrogens is 509 g/mol. The standard InChI is InChI=1S/C28H34FN3O5S/c1-20(2)16-32-24(15-30-28(32)38(34,35)19-21-7-4-10-25(13-21)36-3)17-31(18-26-11-6-12-37-26)27(33)22-8-5-9-23(29)14-22/h4-5,7-10,13-15,20,26H,6,11-12,16-19H2,1-3H3. The molecule has 0 aliphatic carbocycles. The van der Waals surface area contributed by atoms with Gasteiger partial charge in [0.2, 0.25) is 15.0 Å². The first kappa shape index (κ1) is 27.8. The number of carbonyl (C=O) groups excluding carboxylic acids is 1. The van der Waals surface area contributed by atoms with Gasteiger partial charge in [0.25, 0.3) is 5.91 Å². The van der Waals surface area contributed by atoms with E-state index in [2.05, 4.69) is 4.98 Å². The molecule has 1 aromatic heterocycles. The highest BCUT2D eigenvalue weighted by Gasteiger charge is 2.28. The van der Waals surface area contributed by atoms with E-state index in [1.54, 1.807) is 39.8 Å². The summed E-state index contributed by atoms with van der Waals surface area (Å²) in [4.78, 5) is 19.4. The first-order valence-corrected chi connectivity index (χ1v) is 14.4. The molecule has 0 radical (unpaired) electrons. The fourth-order valence-corrected chi connectivity index (χ4v) is 6.11. The van der Waals surface area contributed by atoms with Gasteiger partial charge < -0.3 is 18.9 Å². The zero-order valence-electron chi connectivity index (χ0n) is 22.0. The lowest BCUT2D eigenvalue weighted by Crippen LogP contribution is -2.37. The number of hydrogen-bond donors (Lipinski definition) is 0. The van der Waals surface area contributed by atoms with Crippen LogP contribution in [0.3, 0.4) is 0 Å². The Morgan fingerprint density at radius 3 is 2.71 bits per heavy atom. The number of ether oxygens (including phenoxy) is 2. The molecule has 204 valence electrons. The third-order valence-corrected chi connectivity index (χ3v) is 7.97. The average molecular weight is 544 g/mol. The van der Waals surface area contributed by atoms with Crippen LogP contribution in [0.25, 0.3) is 0 Å². The number of nitrogens with zero attached hydrogens (tertiary/aromatic N) is 3. The molecule has 1 saturated heterocycles. The summed E-state index contributed by atoms with van der Waals surface area (Å²) >= 11 is 0. The normalized spacial score (nSPS) is 15.7. The molecule has 10 heteroatoms. The highest BCUT2D eigenvalue weighted by molar-refractivity contribution is 7.90. The zero-order chi connectivity index (χ0) is 27.3. The van der Waals surface area contributed by atoms with Gasteiger partial charge >= 0.3 is 0 Å². The minimum Gasteiger partial charge on any atom is -0.497 e. The largest absolute Gasteiger partial charge is 0.497 e. The van der Waals surface area contributed by atoms with E-state index < -0.39 is 15.7 Å². The minimum atomic E-state index is -3.81. The van der Waals surface area contributed by atoms with Crippen molar-refractivity contribution < 1.29 is 27.1 Å². The van der Waals surface area contributed by atoms with Crippen LogP contribution in [0.15, 0.2) is 59.9 Å². The van der Waals surface area contributed by atoms with Gasteiger partial charge in [-0.2, -0.15) is 0 Å². The number of rotatable bonds is 11. The topological polar surface area (TPSA) is 90.7 Å². The molecular formula is C28H34FN3O5S. The second kappa shape index (κ2) is 12.1. The molecule has 1 aliphatic heterocycles. The summed E-state index contributed by atoms with van der Waals surface area (Å²) in [5.74, 6) is -0.383. The first-order valence-electron chi connectivity index (χ1n) is 12.7. The summed E-state index contributed by atoms with van der Waals surface area (Å²) in [5, 5.41) is -0.0423. The van der Waals surface area contributed by atoms with Crippen molar-refractivity contribution >= 4 is 15.7 Å². The Hall–Kier alpha value is -3.24. The molecule has 0 spiro atoms. The van der Waals surface area contributed by atoms with Crippen LogP contribution >= 0.6 is 0 Å². The molecule has 0 saturated carbocycles. The molecule has 0 N–H and O–H groups in total. The van der Waals surface area contributed by atoms with Gasteiger partial charge in [0.15, 0.2) is 0 Å². The molecule has 2 heterocycles. The number of halogens is 1. The molecule has 1 atom stereocenters. The monoisotopic (exact) mass is 543 g/mol. The van der Waals surface area contributed by atoms with Crippen molar-refractivity contribution in [1.82, 2.24) is 14.5 Å². The number of imidazole rings is 1. The van der Waals surface area contributed by atoms with Gasteiger partial charge in [-0.05, 0) is 54.7 Å². The fraction of sp³-hybridized carbons (Fsp3) is 0.429. The minimum absolute atomic E-state index is 0.0423. The molecule has 4 rings (SSSR count). The third-order valence-electron chi connectivity index (χ3n) is 6.38. The third kappa shape index (κ3) is 6.79. The molecule has 38 heavy (non-hydrogen) atoms. The van der Waals surface area contributed by atoms with Crippen LogP contribution < -0.4 is 4.74 Å². The second-order valence-electron chi connectivity index (χ2n) is 9.98. The van der Waals surface area contributed by atoms with E-state index in [-0.39, 0.29) is 40.9 Å². The summed E-state index contributed by atoms with van der Waals surface area (Å²) in [5.41, 5.74) is 1.40. The van der Waals surface area contributed by atoms with E-state index in [1.165, 1.54) is 31.5 Å². The fourth-order valence-electron chi connectivity index (χ4n) is 4.63. The molecule has 8 nitrogen and oxygen atoms in total. The Balaban J connectivity index is 1.66. The number of benzene rings is 2. The average Bonchev–Trinajstić information content (AvgIpc) is 3.53. The lowest BCUT2D eigenvalue weighted by Gasteiger charge is -2.26. The quantitative estimate of drug-likeness (QED) is 0.354. The van der Waals surface area contributed by atoms with Crippen LogP contribution in [0.2, 0.25) is 0 Å². The van der Waals surface area contributed by atoms with Crippen molar-refractivity contribution in [2.45, 2.75) is 56.8 Å². The Kier molecular flexibility index (Phi) is 8.83. The first-order chi connectivity index (χ1) is 18.2. The lowest BCUT2D eigenvalue weighted by molar-refractivity contribution is 0.0500. The van der Waals surface area contributed by atoms with Crippen molar-refractivity contribution in [1.29, 1.82) is 0 Å². The van der Waals surface area contributed by atoms with Crippen LogP contribution in [0.4, 0.5) is 4.39 Å². The van der Waals surface area contributed by atoms with Crippen molar-refractivity contribution in [2.24, 2.45) is 5.92 Å². The van der Waals surface area contributed by atoms with Gasteiger partial charge in [0.05, 0.1) is 37.4 Å². The lowest BCUT2D eigenvalue weighted by atomic mass is 10.1. The van der Waals surface area contributed by atoms with Crippen LogP contribution in [-0.4, -0.2) is 55.1 Å². The summed E-state index contributed by atoms with van der Waals surface area (Å²) in [6, 6.07) is 12.5. The Morgan fingerprint density at radius 1 is 1.24 bits per heavy atom. The molecule has 3 aromatic rings. The number of carbonyl (C=O) groups is 1. The molecule has 1 unspecified atom stereocenters. The maximum absolute atomic E-state index is 13.9. The summed E-state index contributed by atoms with van der Waals surface area (Å²) in [7, 11) is -2.28. The predicted octanol–water partition coefficient (Wildman–Crippen LogP) is 4.48. The smallest absolute Gasteiger partial charge is 0.254 e. The van der Waals surface area contributed by atoms with Gasteiger partial charge in [0, 0.05) is 25.3 Å². The molecule has 1 amide bonds. The van der Waals surface area contributed by atoms with E-state index in [9.17, 15) is 17.6 Å². The molecule has 1 aliphatic rings. The van der Waals surface area contributed by atoms with Crippen molar-refractivity contribution in [3.05, 3.63) is 77.4 Å². The van der Waals surface area contributed by atoms with Gasteiger partial charge in [-0.15, -0.1) is 0 Å². The molecule has 2 aromatic carbocycles. The van der Waals surface area contributed by atoms with Crippen molar-refractivity contribution in [3.8, 4) is 5.75 Å². The number of sulfone groups is 1. The van der Waals surface area contributed by atoms with E-state index in [0.717, 1.165) is 12.8 Å². The van der Waals surface area contributed by atoms with E-state index in [0.29, 0.717) is 36.7 Å². The van der Waals surface area contributed by atoms with Crippen molar-refractivity contribution in [3.63, 3.8) is 0 Å². The summed E-state index contributed by atoms with van der Waals surface area (Å²) in [6.45, 7) is 5.45. The number of methoxy groups -OCH3 is 1. The predicted molar refractivity (Wildman–Crippen MR) is 141 cm³/mol. The number of hydrogen-bond acceptors (Lipinski definition) is 6. The SMILES string of the molecule is COc1cccc(CS(=O)(=O)c2ncc(CN(CC3CCCO3)C(=O)c3cccc(F)c3)n2CC(C)C)c1. The maximum Gasteiger partial charge on any atom is 0.254 e. The Labute approximate surface area is 223 Å². The Morgan fingerprint density at radius 2 is 2.03 bits per heavy atom. The van der Waals surface area contributed by atoms with Crippen molar-refractivity contribution in [2.75, 3.05) is 20.3 Å². The number of aromatic nitrogens is 2. The highest BCUT2D eigenvalue weighted by atomic mass is 32.2. The molecule has 1 fully saturated rings. The van der Waals surface area contributed by atoms with Crippen LogP contribution in [0, 0.1) is 11.7 Å². The van der Waals surface area contributed by atoms with Crippen LogP contribution in [0.1, 0.15) is 48.3 Å².